The van der Waals surface area contributed by atoms with E-state index in [1.165, 1.54) is 0 Å². The summed E-state index contributed by atoms with van der Waals surface area (Å²) in [5.41, 5.74) is 5.21. The van der Waals surface area contributed by atoms with Crippen molar-refractivity contribution in [3.63, 3.8) is 0 Å². The number of ether oxygens (including phenoxy) is 1. The van der Waals surface area contributed by atoms with Crippen molar-refractivity contribution in [1.29, 1.82) is 0 Å². The summed E-state index contributed by atoms with van der Waals surface area (Å²) in [6, 6.07) is 0. The molecule has 2 rings (SSSR count). The number of hydrogen-bond donors (Lipinski definition) is 2. The topological polar surface area (TPSA) is 114 Å². The molecule has 0 aromatic carbocycles. The third-order valence-electron chi connectivity index (χ3n) is 2.40. The summed E-state index contributed by atoms with van der Waals surface area (Å²) in [5.74, 6) is -0.170. The second kappa shape index (κ2) is 4.47. The molecule has 1 aromatic rings. The molecule has 0 saturated heterocycles. The van der Waals surface area contributed by atoms with Crippen molar-refractivity contribution < 1.29 is 9.53 Å². The molecular formula is C10H13N5O3. The van der Waals surface area contributed by atoms with E-state index in [1.807, 2.05) is 0 Å². The molecule has 1 aromatic heterocycles. The fourth-order valence-corrected chi connectivity index (χ4v) is 1.63. The van der Waals surface area contributed by atoms with Gasteiger partial charge in [-0.25, -0.2) is 9.79 Å². The van der Waals surface area contributed by atoms with Gasteiger partial charge in [-0.1, -0.05) is 0 Å². The number of nitrogens with one attached hydrogen (secondary N) is 1. The van der Waals surface area contributed by atoms with Crippen LogP contribution in [0, 0.1) is 0 Å². The lowest BCUT2D eigenvalue weighted by Gasteiger charge is -2.23. The van der Waals surface area contributed by atoms with Crippen molar-refractivity contribution in [3.8, 4) is 0 Å². The van der Waals surface area contributed by atoms with Gasteiger partial charge in [0.25, 0.3) is 5.56 Å². The van der Waals surface area contributed by atoms with Gasteiger partial charge in [0.15, 0.2) is 11.5 Å². The molecule has 0 amide bonds. The molecule has 0 atom stereocenters. The van der Waals surface area contributed by atoms with E-state index in [9.17, 15) is 9.59 Å². The number of H-pyrrole nitrogens is 1. The van der Waals surface area contributed by atoms with E-state index < -0.39 is 11.5 Å². The third kappa shape index (κ3) is 2.04. The van der Waals surface area contributed by atoms with E-state index in [2.05, 4.69) is 15.0 Å². The van der Waals surface area contributed by atoms with Gasteiger partial charge in [-0.05, 0) is 6.92 Å². The number of aromatic amines is 1. The molecule has 1 aliphatic heterocycles. The number of aliphatic imine (C=N–C) groups is 1. The molecule has 2 heterocycles. The van der Waals surface area contributed by atoms with Crippen LogP contribution in [-0.2, 0) is 9.53 Å². The lowest BCUT2D eigenvalue weighted by molar-refractivity contribution is -0.135. The number of anilines is 2. The number of hydrogen-bond acceptors (Lipinski definition) is 7. The number of nitrogens with two attached hydrogens (primary N) is 1. The van der Waals surface area contributed by atoms with Gasteiger partial charge < -0.3 is 15.4 Å². The smallest absolute Gasteiger partial charge is 0.354 e. The summed E-state index contributed by atoms with van der Waals surface area (Å²) in [7, 11) is 1.69. The molecule has 0 unspecified atom stereocenters. The zero-order valence-electron chi connectivity index (χ0n) is 10.1. The van der Waals surface area contributed by atoms with Crippen LogP contribution in [-0.4, -0.2) is 41.8 Å². The molecule has 0 aliphatic carbocycles. The van der Waals surface area contributed by atoms with Crippen LogP contribution < -0.4 is 16.2 Å². The predicted octanol–water partition coefficient (Wildman–Crippen LogP) is -0.562. The third-order valence-corrected chi connectivity index (χ3v) is 2.40. The van der Waals surface area contributed by atoms with Crippen LogP contribution in [0.3, 0.4) is 0 Å². The number of rotatable bonds is 2. The number of esters is 1. The minimum absolute atomic E-state index is 0.0142. The fraction of sp³-hybridized carbons (Fsp3) is 0.400. The summed E-state index contributed by atoms with van der Waals surface area (Å²) in [6.45, 7) is 2.18. The van der Waals surface area contributed by atoms with E-state index in [-0.39, 0.29) is 30.5 Å². The van der Waals surface area contributed by atoms with Crippen LogP contribution in [0.15, 0.2) is 9.79 Å². The molecule has 18 heavy (non-hydrogen) atoms. The van der Waals surface area contributed by atoms with E-state index >= 15 is 0 Å². The second-order valence-corrected chi connectivity index (χ2v) is 3.76. The fourth-order valence-electron chi connectivity index (χ4n) is 1.63. The van der Waals surface area contributed by atoms with E-state index in [1.54, 1.807) is 18.9 Å². The lowest BCUT2D eigenvalue weighted by atomic mass is 10.2. The van der Waals surface area contributed by atoms with Gasteiger partial charge in [0.1, 0.15) is 5.71 Å². The zero-order chi connectivity index (χ0) is 13.3. The molecule has 3 N–H and O–H groups in total. The van der Waals surface area contributed by atoms with E-state index in [0.717, 1.165) is 0 Å². The van der Waals surface area contributed by atoms with E-state index in [0.29, 0.717) is 5.82 Å². The van der Waals surface area contributed by atoms with Gasteiger partial charge in [0.05, 0.1) is 13.2 Å². The molecule has 0 radical (unpaired) electrons. The summed E-state index contributed by atoms with van der Waals surface area (Å²) in [6.07, 6.45) is 0. The average molecular weight is 251 g/mol. The van der Waals surface area contributed by atoms with Crippen molar-refractivity contribution in [1.82, 2.24) is 9.97 Å². The quantitative estimate of drug-likeness (QED) is 0.681. The van der Waals surface area contributed by atoms with Crippen molar-refractivity contribution in [2.75, 3.05) is 30.8 Å². The van der Waals surface area contributed by atoms with Crippen LogP contribution in [0.1, 0.15) is 6.92 Å². The highest BCUT2D eigenvalue weighted by Crippen LogP contribution is 2.25. The molecular weight excluding hydrogens is 238 g/mol. The molecule has 0 bridgehead atoms. The number of aromatic nitrogens is 2. The van der Waals surface area contributed by atoms with Crippen LogP contribution in [0.5, 0.6) is 0 Å². The highest BCUT2D eigenvalue weighted by Gasteiger charge is 2.25. The summed E-state index contributed by atoms with van der Waals surface area (Å²) < 4.78 is 4.85. The summed E-state index contributed by atoms with van der Waals surface area (Å²) >= 11 is 0. The minimum atomic E-state index is -0.536. The van der Waals surface area contributed by atoms with Crippen LogP contribution in [0.4, 0.5) is 17.5 Å². The SMILES string of the molecule is CCOC(=O)C1=Nc2c(nc(N)[nH]c2=O)N(C)C1. The van der Waals surface area contributed by atoms with Crippen LogP contribution >= 0.6 is 0 Å². The standard InChI is InChI=1S/C10H13N5O3/c1-3-18-9(17)5-4-15(2)7-6(12-5)8(16)14-10(11)13-7/h3-4H2,1-2H3,(H3,11,13,14,16). The first-order chi connectivity index (χ1) is 8.52. The Labute approximate surface area is 102 Å². The number of nitrogens with zero attached hydrogens (tertiary/aromatic N) is 3. The largest absolute Gasteiger partial charge is 0.461 e. The maximum atomic E-state index is 11.7. The van der Waals surface area contributed by atoms with Crippen molar-refractivity contribution in [2.24, 2.45) is 4.99 Å². The monoisotopic (exact) mass is 251 g/mol. The Morgan fingerprint density at radius 3 is 3.00 bits per heavy atom. The highest BCUT2D eigenvalue weighted by molar-refractivity contribution is 6.39. The number of carbonyl (C=O) groups excluding carboxylic acids is 1. The first kappa shape index (κ1) is 12.1. The van der Waals surface area contributed by atoms with Gasteiger partial charge in [-0.3, -0.25) is 9.78 Å². The minimum Gasteiger partial charge on any atom is -0.461 e. The first-order valence-corrected chi connectivity index (χ1v) is 5.38. The van der Waals surface area contributed by atoms with Gasteiger partial charge in [-0.2, -0.15) is 4.98 Å². The lowest BCUT2D eigenvalue weighted by Crippen LogP contribution is -2.36. The molecule has 0 spiro atoms. The Morgan fingerprint density at radius 2 is 2.33 bits per heavy atom. The summed E-state index contributed by atoms with van der Waals surface area (Å²) in [4.78, 5) is 35.2. The Morgan fingerprint density at radius 1 is 1.61 bits per heavy atom. The maximum Gasteiger partial charge on any atom is 0.354 e. The van der Waals surface area contributed by atoms with Gasteiger partial charge in [-0.15, -0.1) is 0 Å². The molecule has 0 saturated carbocycles. The second-order valence-electron chi connectivity index (χ2n) is 3.76. The number of nitrogen functional groups attached to an aromatic ring is 1. The van der Waals surface area contributed by atoms with Gasteiger partial charge >= 0.3 is 5.97 Å². The molecule has 0 fully saturated rings. The van der Waals surface area contributed by atoms with Gasteiger partial charge in [0, 0.05) is 7.05 Å². The van der Waals surface area contributed by atoms with Gasteiger partial charge in [0.2, 0.25) is 5.95 Å². The Balaban J connectivity index is 2.49. The molecule has 8 nitrogen and oxygen atoms in total. The first-order valence-electron chi connectivity index (χ1n) is 5.38. The van der Waals surface area contributed by atoms with Crippen molar-refractivity contribution in [3.05, 3.63) is 10.4 Å². The number of fused-ring (bicyclic) bond motifs is 1. The number of carbonyl (C=O) groups is 1. The van der Waals surface area contributed by atoms with Crippen molar-refractivity contribution >= 4 is 29.1 Å². The highest BCUT2D eigenvalue weighted by atomic mass is 16.5. The molecule has 96 valence electrons. The predicted molar refractivity (Wildman–Crippen MR) is 66.3 cm³/mol. The van der Waals surface area contributed by atoms with Crippen LogP contribution in [0.2, 0.25) is 0 Å². The normalized spacial score (nSPS) is 13.9. The Hall–Kier alpha value is -2.38. The summed E-state index contributed by atoms with van der Waals surface area (Å²) in [5, 5.41) is 0. The Bertz CT molecular complexity index is 577. The Kier molecular flexibility index (Phi) is 3.00. The molecule has 1 aliphatic rings. The molecule has 8 heteroatoms. The zero-order valence-corrected chi connectivity index (χ0v) is 10.1. The van der Waals surface area contributed by atoms with E-state index in [4.69, 9.17) is 10.5 Å². The maximum absolute atomic E-state index is 11.7. The average Bonchev–Trinajstić information content (AvgIpc) is 2.30. The van der Waals surface area contributed by atoms with Crippen LogP contribution in [0.25, 0.3) is 0 Å². The van der Waals surface area contributed by atoms with Crippen molar-refractivity contribution in [2.45, 2.75) is 6.92 Å².